The van der Waals surface area contributed by atoms with Crippen molar-refractivity contribution in [3.05, 3.63) is 70.2 Å². The van der Waals surface area contributed by atoms with E-state index in [1.165, 1.54) is 30.3 Å². The zero-order chi connectivity index (χ0) is 12.4. The van der Waals surface area contributed by atoms with Crippen LogP contribution < -0.4 is 0 Å². The van der Waals surface area contributed by atoms with E-state index in [0.717, 1.165) is 12.1 Å². The number of hydrogen-bond donors (Lipinski definition) is 0. The second-order valence-corrected chi connectivity index (χ2v) is 3.88. The molecule has 0 amide bonds. The van der Waals surface area contributed by atoms with Crippen molar-refractivity contribution in [3.63, 3.8) is 0 Å². The normalized spacial score (nSPS) is 10.3. The van der Waals surface area contributed by atoms with E-state index in [-0.39, 0.29) is 16.1 Å². The summed E-state index contributed by atoms with van der Waals surface area (Å²) in [7, 11) is 0. The Balaban J connectivity index is 2.40. The van der Waals surface area contributed by atoms with Gasteiger partial charge in [0.2, 0.25) is 0 Å². The standard InChI is InChI=1S/C13H7ClF2O/c14-11-7-9(4-5-12(11)16)13(17)8-2-1-3-10(15)6-8/h1-7H. The van der Waals surface area contributed by atoms with E-state index in [0.29, 0.717) is 0 Å². The minimum atomic E-state index is -0.595. The lowest BCUT2D eigenvalue weighted by Gasteiger charge is -2.02. The molecular weight excluding hydrogens is 246 g/mol. The van der Waals surface area contributed by atoms with Crippen LogP contribution in [-0.4, -0.2) is 5.78 Å². The molecule has 0 aliphatic heterocycles. The van der Waals surface area contributed by atoms with Gasteiger partial charge in [-0.05, 0) is 30.3 Å². The van der Waals surface area contributed by atoms with E-state index in [4.69, 9.17) is 11.6 Å². The first kappa shape index (κ1) is 11.7. The Bertz CT molecular complexity index is 581. The van der Waals surface area contributed by atoms with Gasteiger partial charge in [-0.3, -0.25) is 4.79 Å². The van der Waals surface area contributed by atoms with E-state index in [2.05, 4.69) is 0 Å². The molecule has 0 radical (unpaired) electrons. The molecule has 0 aliphatic rings. The van der Waals surface area contributed by atoms with Gasteiger partial charge in [-0.25, -0.2) is 8.78 Å². The summed E-state index contributed by atoms with van der Waals surface area (Å²) in [5.41, 5.74) is 0.426. The van der Waals surface area contributed by atoms with Crippen molar-refractivity contribution in [2.45, 2.75) is 0 Å². The molecule has 0 fully saturated rings. The van der Waals surface area contributed by atoms with Crippen molar-refractivity contribution < 1.29 is 13.6 Å². The summed E-state index contributed by atoms with van der Waals surface area (Å²) in [5, 5.41) is -0.132. The first-order valence-corrected chi connectivity index (χ1v) is 5.21. The van der Waals surface area contributed by atoms with E-state index in [1.54, 1.807) is 0 Å². The highest BCUT2D eigenvalue weighted by Gasteiger charge is 2.11. The van der Waals surface area contributed by atoms with E-state index < -0.39 is 17.4 Å². The first-order valence-electron chi connectivity index (χ1n) is 4.83. The van der Waals surface area contributed by atoms with Crippen LogP contribution in [-0.2, 0) is 0 Å². The van der Waals surface area contributed by atoms with Gasteiger partial charge in [0.15, 0.2) is 5.78 Å². The van der Waals surface area contributed by atoms with Crippen molar-refractivity contribution in [1.82, 2.24) is 0 Å². The summed E-state index contributed by atoms with van der Waals surface area (Å²) in [4.78, 5) is 11.9. The zero-order valence-corrected chi connectivity index (χ0v) is 9.34. The van der Waals surface area contributed by atoms with Crippen LogP contribution >= 0.6 is 11.6 Å². The summed E-state index contributed by atoms with van der Waals surface area (Å²) in [5.74, 6) is -1.49. The Labute approximate surface area is 102 Å². The third kappa shape index (κ3) is 2.50. The van der Waals surface area contributed by atoms with Crippen molar-refractivity contribution in [2.24, 2.45) is 0 Å². The first-order chi connectivity index (χ1) is 8.08. The topological polar surface area (TPSA) is 17.1 Å². The molecule has 86 valence electrons. The Morgan fingerprint density at radius 3 is 2.35 bits per heavy atom. The van der Waals surface area contributed by atoms with Gasteiger partial charge in [0, 0.05) is 11.1 Å². The molecule has 1 nitrogen and oxygen atoms in total. The van der Waals surface area contributed by atoms with Crippen LogP contribution in [0.2, 0.25) is 5.02 Å². The molecule has 0 bridgehead atoms. The minimum Gasteiger partial charge on any atom is -0.289 e. The summed E-state index contributed by atoms with van der Waals surface area (Å²) in [6, 6.07) is 8.94. The fourth-order valence-electron chi connectivity index (χ4n) is 1.43. The molecular formula is C13H7ClF2O. The molecule has 0 saturated carbocycles. The third-order valence-corrected chi connectivity index (χ3v) is 2.56. The van der Waals surface area contributed by atoms with Crippen molar-refractivity contribution in [1.29, 1.82) is 0 Å². The number of rotatable bonds is 2. The predicted molar refractivity (Wildman–Crippen MR) is 61.2 cm³/mol. The van der Waals surface area contributed by atoms with Gasteiger partial charge in [-0.1, -0.05) is 23.7 Å². The SMILES string of the molecule is O=C(c1cccc(F)c1)c1ccc(F)c(Cl)c1. The van der Waals surface area contributed by atoms with E-state index >= 15 is 0 Å². The predicted octanol–water partition coefficient (Wildman–Crippen LogP) is 3.85. The lowest BCUT2D eigenvalue weighted by Crippen LogP contribution is -2.01. The molecule has 0 aromatic heterocycles. The fourth-order valence-corrected chi connectivity index (χ4v) is 1.61. The Kier molecular flexibility index (Phi) is 3.20. The number of ketones is 1. The van der Waals surface area contributed by atoms with Crippen LogP contribution in [0.5, 0.6) is 0 Å². The quantitative estimate of drug-likeness (QED) is 0.742. The molecule has 2 aromatic rings. The number of carbonyl (C=O) groups is 1. The van der Waals surface area contributed by atoms with Gasteiger partial charge in [0.05, 0.1) is 5.02 Å². The van der Waals surface area contributed by atoms with Gasteiger partial charge in [-0.15, -0.1) is 0 Å². The molecule has 0 unspecified atom stereocenters. The number of carbonyl (C=O) groups excluding carboxylic acids is 1. The fraction of sp³-hybridized carbons (Fsp3) is 0. The Morgan fingerprint density at radius 2 is 1.71 bits per heavy atom. The summed E-state index contributed by atoms with van der Waals surface area (Å²) in [6.07, 6.45) is 0. The van der Waals surface area contributed by atoms with Crippen LogP contribution in [0.1, 0.15) is 15.9 Å². The maximum atomic E-state index is 12.9. The Morgan fingerprint density at radius 1 is 1.00 bits per heavy atom. The molecule has 0 spiro atoms. The van der Waals surface area contributed by atoms with E-state index in [9.17, 15) is 13.6 Å². The largest absolute Gasteiger partial charge is 0.289 e. The highest BCUT2D eigenvalue weighted by molar-refractivity contribution is 6.31. The highest BCUT2D eigenvalue weighted by Crippen LogP contribution is 2.18. The molecule has 0 saturated heterocycles. The average Bonchev–Trinajstić information content (AvgIpc) is 2.32. The lowest BCUT2D eigenvalue weighted by molar-refractivity contribution is 0.103. The van der Waals surface area contributed by atoms with Crippen LogP contribution in [0.15, 0.2) is 42.5 Å². The van der Waals surface area contributed by atoms with Gasteiger partial charge in [0.25, 0.3) is 0 Å². The van der Waals surface area contributed by atoms with Crippen LogP contribution in [0.3, 0.4) is 0 Å². The molecule has 17 heavy (non-hydrogen) atoms. The van der Waals surface area contributed by atoms with Crippen molar-refractivity contribution in [2.75, 3.05) is 0 Å². The van der Waals surface area contributed by atoms with Gasteiger partial charge in [-0.2, -0.15) is 0 Å². The van der Waals surface area contributed by atoms with Crippen molar-refractivity contribution in [3.8, 4) is 0 Å². The second kappa shape index (κ2) is 4.63. The summed E-state index contributed by atoms with van der Waals surface area (Å²) < 4.78 is 25.9. The Hall–Kier alpha value is -1.74. The maximum absolute atomic E-state index is 12.9. The average molecular weight is 253 g/mol. The highest BCUT2D eigenvalue weighted by atomic mass is 35.5. The molecule has 4 heteroatoms. The number of halogens is 3. The second-order valence-electron chi connectivity index (χ2n) is 3.47. The van der Waals surface area contributed by atoms with Gasteiger partial charge in [0.1, 0.15) is 11.6 Å². The van der Waals surface area contributed by atoms with Gasteiger partial charge >= 0.3 is 0 Å². The van der Waals surface area contributed by atoms with Crippen LogP contribution in [0.4, 0.5) is 8.78 Å². The van der Waals surface area contributed by atoms with Crippen LogP contribution in [0.25, 0.3) is 0 Å². The minimum absolute atomic E-state index is 0.132. The number of hydrogen-bond acceptors (Lipinski definition) is 1. The summed E-state index contributed by atoms with van der Waals surface area (Å²) in [6.45, 7) is 0. The lowest BCUT2D eigenvalue weighted by atomic mass is 10.0. The third-order valence-electron chi connectivity index (χ3n) is 2.27. The molecule has 0 atom stereocenters. The smallest absolute Gasteiger partial charge is 0.193 e. The molecule has 2 rings (SSSR count). The number of benzene rings is 2. The maximum Gasteiger partial charge on any atom is 0.193 e. The molecule has 0 aliphatic carbocycles. The van der Waals surface area contributed by atoms with Crippen molar-refractivity contribution >= 4 is 17.4 Å². The summed E-state index contributed by atoms with van der Waals surface area (Å²) >= 11 is 5.58. The monoisotopic (exact) mass is 252 g/mol. The van der Waals surface area contributed by atoms with Gasteiger partial charge < -0.3 is 0 Å². The van der Waals surface area contributed by atoms with Crippen LogP contribution in [0, 0.1) is 11.6 Å². The molecule has 2 aromatic carbocycles. The molecule has 0 N–H and O–H groups in total. The van der Waals surface area contributed by atoms with E-state index in [1.807, 2.05) is 0 Å². The zero-order valence-electron chi connectivity index (χ0n) is 8.58. The molecule has 0 heterocycles.